The fourth-order valence-corrected chi connectivity index (χ4v) is 3.54. The van der Waals surface area contributed by atoms with E-state index in [-0.39, 0.29) is 11.7 Å². The predicted molar refractivity (Wildman–Crippen MR) is 99.5 cm³/mol. The molecule has 0 radical (unpaired) electrons. The number of nitrogens with zero attached hydrogens (tertiary/aromatic N) is 3. The summed E-state index contributed by atoms with van der Waals surface area (Å²) >= 11 is 0. The zero-order chi connectivity index (χ0) is 18.5. The summed E-state index contributed by atoms with van der Waals surface area (Å²) in [5.74, 6) is -0.367. The third kappa shape index (κ3) is 2.07. The Morgan fingerprint density at radius 2 is 1.59 bits per heavy atom. The van der Waals surface area contributed by atoms with Gasteiger partial charge in [0, 0.05) is 27.6 Å². The highest BCUT2D eigenvalue weighted by atomic mass is 16.2. The first kappa shape index (κ1) is 15.2. The summed E-state index contributed by atoms with van der Waals surface area (Å²) in [5.41, 5.74) is 4.02. The number of nitriles is 1. The quantitative estimate of drug-likeness (QED) is 0.461. The molecule has 0 saturated carbocycles. The Balaban J connectivity index is 1.77. The fourth-order valence-electron chi connectivity index (χ4n) is 3.54. The largest absolute Gasteiger partial charge is 0.289 e. The van der Waals surface area contributed by atoms with Crippen molar-refractivity contribution >= 4 is 22.6 Å². The van der Waals surface area contributed by atoms with Crippen molar-refractivity contribution in [1.82, 2.24) is 9.78 Å². The number of hydrogen-bond acceptors (Lipinski definition) is 4. The molecule has 1 heterocycles. The van der Waals surface area contributed by atoms with Gasteiger partial charge in [0.05, 0.1) is 17.1 Å². The van der Waals surface area contributed by atoms with Crippen LogP contribution in [-0.2, 0) is 0 Å². The molecule has 1 aliphatic rings. The summed E-state index contributed by atoms with van der Waals surface area (Å²) in [6.45, 7) is 0. The maximum Gasteiger partial charge on any atom is 0.278 e. The Morgan fingerprint density at radius 3 is 2.33 bits per heavy atom. The summed E-state index contributed by atoms with van der Waals surface area (Å²) in [7, 11) is 0. The first-order chi connectivity index (χ1) is 13.2. The van der Waals surface area contributed by atoms with Crippen LogP contribution in [-0.4, -0.2) is 21.5 Å². The van der Waals surface area contributed by atoms with Crippen molar-refractivity contribution in [2.75, 3.05) is 0 Å². The van der Waals surface area contributed by atoms with Crippen LogP contribution >= 0.6 is 0 Å². The van der Waals surface area contributed by atoms with E-state index in [1.54, 1.807) is 48.5 Å². The van der Waals surface area contributed by atoms with Gasteiger partial charge in [-0.2, -0.15) is 15.0 Å². The Bertz CT molecular complexity index is 1310. The number of hydrogen-bond donors (Lipinski definition) is 0. The van der Waals surface area contributed by atoms with E-state index in [2.05, 4.69) is 5.10 Å². The van der Waals surface area contributed by atoms with E-state index in [1.165, 1.54) is 4.68 Å². The van der Waals surface area contributed by atoms with Crippen LogP contribution in [0.25, 0.3) is 22.2 Å². The molecule has 1 aromatic heterocycles. The maximum atomic E-state index is 13.0. The standard InChI is InChI=1S/C22H11N3O2/c23-12-13-8-10-14(11-9-13)22(27)25-18-7-3-6-17-19(18)20(24-25)15-4-1-2-5-16(15)21(17)26/h1-11H. The Kier molecular flexibility index (Phi) is 3.09. The van der Waals surface area contributed by atoms with Gasteiger partial charge < -0.3 is 0 Å². The Hall–Kier alpha value is -4.04. The minimum atomic E-state index is -0.306. The second-order valence-electron chi connectivity index (χ2n) is 6.33. The number of carbonyl (C=O) groups is 2. The normalized spacial score (nSPS) is 11.9. The minimum Gasteiger partial charge on any atom is -0.289 e. The SMILES string of the molecule is N#Cc1ccc(C(=O)n2nc3c4c(cccc42)C(=O)c2ccccc2-3)cc1. The van der Waals surface area contributed by atoms with E-state index in [0.29, 0.717) is 38.9 Å². The van der Waals surface area contributed by atoms with E-state index in [4.69, 9.17) is 5.26 Å². The molecule has 0 amide bonds. The number of fused-ring (bicyclic) bond motifs is 2. The molecule has 0 fully saturated rings. The van der Waals surface area contributed by atoms with E-state index in [9.17, 15) is 9.59 Å². The van der Waals surface area contributed by atoms with E-state index in [0.717, 1.165) is 5.56 Å². The van der Waals surface area contributed by atoms with Crippen molar-refractivity contribution < 1.29 is 9.59 Å². The van der Waals surface area contributed by atoms with Crippen molar-refractivity contribution in [1.29, 1.82) is 5.26 Å². The van der Waals surface area contributed by atoms with Gasteiger partial charge in [-0.3, -0.25) is 9.59 Å². The molecule has 0 spiro atoms. The van der Waals surface area contributed by atoms with Gasteiger partial charge in [-0.05, 0) is 30.3 Å². The third-order valence-electron chi connectivity index (χ3n) is 4.83. The van der Waals surface area contributed by atoms with Crippen LogP contribution in [0.3, 0.4) is 0 Å². The van der Waals surface area contributed by atoms with E-state index < -0.39 is 0 Å². The van der Waals surface area contributed by atoms with Crippen LogP contribution in [0.1, 0.15) is 31.8 Å². The molecular formula is C22H11N3O2. The molecule has 0 saturated heterocycles. The van der Waals surface area contributed by atoms with Gasteiger partial charge in [0.2, 0.25) is 0 Å². The number of ketones is 1. The molecule has 5 rings (SSSR count). The zero-order valence-corrected chi connectivity index (χ0v) is 14.0. The van der Waals surface area contributed by atoms with Gasteiger partial charge in [-0.1, -0.05) is 36.4 Å². The van der Waals surface area contributed by atoms with E-state index >= 15 is 0 Å². The lowest BCUT2D eigenvalue weighted by molar-refractivity contribution is 0.0950. The van der Waals surface area contributed by atoms with Crippen LogP contribution in [0.2, 0.25) is 0 Å². The maximum absolute atomic E-state index is 13.0. The molecule has 3 aromatic carbocycles. The highest BCUT2D eigenvalue weighted by Gasteiger charge is 2.29. The van der Waals surface area contributed by atoms with Crippen molar-refractivity contribution in [3.8, 4) is 17.3 Å². The molecule has 0 N–H and O–H groups in total. The molecule has 4 aromatic rings. The summed E-state index contributed by atoms with van der Waals surface area (Å²) in [4.78, 5) is 25.9. The van der Waals surface area contributed by atoms with E-state index in [1.807, 2.05) is 24.3 Å². The second-order valence-corrected chi connectivity index (χ2v) is 6.33. The highest BCUT2D eigenvalue weighted by molar-refractivity contribution is 6.25. The molecule has 5 heteroatoms. The molecule has 1 aliphatic carbocycles. The van der Waals surface area contributed by atoms with Crippen molar-refractivity contribution in [3.63, 3.8) is 0 Å². The monoisotopic (exact) mass is 349 g/mol. The smallest absolute Gasteiger partial charge is 0.278 e. The summed E-state index contributed by atoms with van der Waals surface area (Å²) < 4.78 is 1.34. The number of aromatic nitrogens is 2. The average molecular weight is 349 g/mol. The number of rotatable bonds is 1. The number of benzene rings is 3. The summed E-state index contributed by atoms with van der Waals surface area (Å²) in [6.07, 6.45) is 0. The van der Waals surface area contributed by atoms with Crippen molar-refractivity contribution in [2.45, 2.75) is 0 Å². The van der Waals surface area contributed by atoms with Crippen LogP contribution in [0.15, 0.2) is 66.7 Å². The number of carbonyl (C=O) groups excluding carboxylic acids is 2. The molecule has 0 aliphatic heterocycles. The van der Waals surface area contributed by atoms with Crippen LogP contribution in [0, 0.1) is 11.3 Å². The zero-order valence-electron chi connectivity index (χ0n) is 14.0. The molecule has 0 bridgehead atoms. The fraction of sp³-hybridized carbons (Fsp3) is 0. The summed E-state index contributed by atoms with van der Waals surface area (Å²) in [6, 6.07) is 21.1. The third-order valence-corrected chi connectivity index (χ3v) is 4.83. The van der Waals surface area contributed by atoms with Gasteiger partial charge in [0.15, 0.2) is 5.78 Å². The Labute approximate surface area is 154 Å². The molecule has 27 heavy (non-hydrogen) atoms. The van der Waals surface area contributed by atoms with Gasteiger partial charge in [-0.15, -0.1) is 0 Å². The molecular weight excluding hydrogens is 338 g/mol. The van der Waals surface area contributed by atoms with Crippen molar-refractivity contribution in [3.05, 3.63) is 89.0 Å². The van der Waals surface area contributed by atoms with Crippen LogP contribution in [0.5, 0.6) is 0 Å². The average Bonchev–Trinajstić information content (AvgIpc) is 3.12. The predicted octanol–water partition coefficient (Wildman–Crippen LogP) is 3.81. The van der Waals surface area contributed by atoms with Crippen molar-refractivity contribution in [2.24, 2.45) is 0 Å². The van der Waals surface area contributed by atoms with Crippen LogP contribution < -0.4 is 0 Å². The molecule has 0 atom stereocenters. The highest BCUT2D eigenvalue weighted by Crippen LogP contribution is 2.38. The Morgan fingerprint density at radius 1 is 0.889 bits per heavy atom. The van der Waals surface area contributed by atoms with Crippen LogP contribution in [0.4, 0.5) is 0 Å². The molecule has 5 nitrogen and oxygen atoms in total. The van der Waals surface area contributed by atoms with Gasteiger partial charge in [-0.25, -0.2) is 0 Å². The first-order valence-corrected chi connectivity index (χ1v) is 8.40. The van der Waals surface area contributed by atoms with Gasteiger partial charge in [0.25, 0.3) is 5.91 Å². The lowest BCUT2D eigenvalue weighted by atomic mass is 9.87. The topological polar surface area (TPSA) is 75.8 Å². The lowest BCUT2D eigenvalue weighted by Gasteiger charge is -2.13. The second kappa shape index (κ2) is 5.48. The lowest BCUT2D eigenvalue weighted by Crippen LogP contribution is -2.13. The van der Waals surface area contributed by atoms with Gasteiger partial charge in [0.1, 0.15) is 5.69 Å². The van der Waals surface area contributed by atoms with Gasteiger partial charge >= 0.3 is 0 Å². The summed E-state index contributed by atoms with van der Waals surface area (Å²) in [5, 5.41) is 14.2. The minimum absolute atomic E-state index is 0.0610. The molecule has 0 unspecified atom stereocenters. The first-order valence-electron chi connectivity index (χ1n) is 8.40. The molecule has 126 valence electrons.